The molecule has 3 heterocycles. The number of hydrogen-bond acceptors (Lipinski definition) is 4. The van der Waals surface area contributed by atoms with E-state index in [1.54, 1.807) is 11.3 Å². The van der Waals surface area contributed by atoms with E-state index in [0.29, 0.717) is 0 Å². The summed E-state index contributed by atoms with van der Waals surface area (Å²) in [6.07, 6.45) is 0.861. The zero-order valence-electron chi connectivity index (χ0n) is 21.4. The zero-order valence-corrected chi connectivity index (χ0v) is 22.2. The minimum absolute atomic E-state index is 0.861. The first-order valence-electron chi connectivity index (χ1n) is 13.3. The SMILES string of the molecule is CCc1nc2ccc(-c3ccc(-c4nc5ccccc5s4)cc3)c3c2n1-c1ccccc1N3c1ccccc1. The molecule has 0 saturated carbocycles. The molecule has 4 nitrogen and oxygen atoms in total. The number of rotatable bonds is 4. The van der Waals surface area contributed by atoms with Crippen LogP contribution in [0.2, 0.25) is 0 Å². The van der Waals surface area contributed by atoms with E-state index in [1.807, 2.05) is 6.07 Å². The van der Waals surface area contributed by atoms with Crippen molar-refractivity contribution in [2.45, 2.75) is 13.3 Å². The summed E-state index contributed by atoms with van der Waals surface area (Å²) in [5.74, 6) is 1.08. The molecule has 1 aliphatic rings. The predicted molar refractivity (Wildman–Crippen MR) is 163 cm³/mol. The largest absolute Gasteiger partial charge is 0.306 e. The van der Waals surface area contributed by atoms with Gasteiger partial charge in [0.1, 0.15) is 10.8 Å². The van der Waals surface area contributed by atoms with Crippen molar-refractivity contribution >= 4 is 49.6 Å². The maximum Gasteiger partial charge on any atom is 0.124 e. The van der Waals surface area contributed by atoms with Crippen LogP contribution < -0.4 is 4.90 Å². The molecule has 39 heavy (non-hydrogen) atoms. The van der Waals surface area contributed by atoms with Crippen molar-refractivity contribution in [3.63, 3.8) is 0 Å². The van der Waals surface area contributed by atoms with E-state index < -0.39 is 0 Å². The lowest BCUT2D eigenvalue weighted by Gasteiger charge is -2.34. The highest BCUT2D eigenvalue weighted by Gasteiger charge is 2.31. The molecule has 1 aliphatic heterocycles. The van der Waals surface area contributed by atoms with Crippen molar-refractivity contribution in [2.24, 2.45) is 0 Å². The number of fused-ring (bicyclic) bond motifs is 3. The Bertz CT molecular complexity index is 1970. The standard InChI is InChI=1S/C34H24N4S/c1-2-31-35-27-21-20-25(22-16-18-23(19-17-22)34-36-26-12-6-9-15-30(26)39-34)32-33(27)38(31)29-14-8-7-13-28(29)37(32)24-10-4-3-5-11-24/h3-21H,2H2,1H3. The van der Waals surface area contributed by atoms with E-state index in [1.165, 1.54) is 15.8 Å². The molecule has 5 heteroatoms. The summed E-state index contributed by atoms with van der Waals surface area (Å²) in [5.41, 5.74) is 11.3. The highest BCUT2D eigenvalue weighted by atomic mass is 32.1. The van der Waals surface area contributed by atoms with Gasteiger partial charge in [0, 0.05) is 23.2 Å². The number of aryl methyl sites for hydroxylation is 1. The molecule has 0 atom stereocenters. The zero-order chi connectivity index (χ0) is 25.9. The second-order valence-electron chi connectivity index (χ2n) is 9.77. The van der Waals surface area contributed by atoms with Crippen molar-refractivity contribution in [1.82, 2.24) is 14.5 Å². The Balaban J connectivity index is 1.36. The van der Waals surface area contributed by atoms with Gasteiger partial charge < -0.3 is 4.90 Å². The molecule has 0 N–H and O–H groups in total. The normalized spacial score (nSPS) is 12.3. The number of thiazole rings is 1. The lowest BCUT2D eigenvalue weighted by atomic mass is 9.98. The molecule has 8 rings (SSSR count). The average molecular weight is 521 g/mol. The summed E-state index contributed by atoms with van der Waals surface area (Å²) >= 11 is 1.74. The van der Waals surface area contributed by atoms with Gasteiger partial charge in [0.15, 0.2) is 0 Å². The average Bonchev–Trinajstić information content (AvgIpc) is 3.61. The molecule has 0 unspecified atom stereocenters. The number of imidazole rings is 1. The van der Waals surface area contributed by atoms with Crippen molar-refractivity contribution in [3.05, 3.63) is 121 Å². The summed E-state index contributed by atoms with van der Waals surface area (Å²) in [4.78, 5) is 12.3. The molecule has 0 bridgehead atoms. The van der Waals surface area contributed by atoms with Gasteiger partial charge in [0.25, 0.3) is 0 Å². The highest BCUT2D eigenvalue weighted by molar-refractivity contribution is 7.21. The van der Waals surface area contributed by atoms with Gasteiger partial charge in [-0.3, -0.25) is 4.57 Å². The van der Waals surface area contributed by atoms with Gasteiger partial charge in [-0.05, 0) is 54.1 Å². The first-order chi connectivity index (χ1) is 19.3. The lowest BCUT2D eigenvalue weighted by Crippen LogP contribution is -2.19. The number of benzene rings is 5. The van der Waals surface area contributed by atoms with Crippen LogP contribution in [0.3, 0.4) is 0 Å². The highest BCUT2D eigenvalue weighted by Crippen LogP contribution is 2.51. The summed E-state index contributed by atoms with van der Waals surface area (Å²) in [5, 5.41) is 1.05. The second-order valence-corrected chi connectivity index (χ2v) is 10.8. The van der Waals surface area contributed by atoms with E-state index in [9.17, 15) is 0 Å². The molecule has 0 spiro atoms. The quantitative estimate of drug-likeness (QED) is 0.232. The Morgan fingerprint density at radius 2 is 1.36 bits per heavy atom. The minimum atomic E-state index is 0.861. The maximum atomic E-state index is 5.07. The molecular formula is C34H24N4S. The van der Waals surface area contributed by atoms with Gasteiger partial charge in [0.05, 0.1) is 38.3 Å². The van der Waals surface area contributed by atoms with Gasteiger partial charge in [-0.1, -0.05) is 73.7 Å². The molecule has 0 aliphatic carbocycles. The van der Waals surface area contributed by atoms with Crippen LogP contribution in [0.4, 0.5) is 17.1 Å². The number of aromatic nitrogens is 3. The maximum absolute atomic E-state index is 5.07. The van der Waals surface area contributed by atoms with Gasteiger partial charge >= 0.3 is 0 Å². The molecule has 186 valence electrons. The fourth-order valence-electron chi connectivity index (χ4n) is 5.75. The predicted octanol–water partition coefficient (Wildman–Crippen LogP) is 9.31. The summed E-state index contributed by atoms with van der Waals surface area (Å²) in [6, 6.07) is 40.9. The van der Waals surface area contributed by atoms with E-state index in [2.05, 4.69) is 126 Å². The number of hydrogen-bond donors (Lipinski definition) is 0. The first-order valence-corrected chi connectivity index (χ1v) is 14.1. The number of anilines is 3. The third-order valence-electron chi connectivity index (χ3n) is 7.52. The molecule has 0 saturated heterocycles. The fraction of sp³-hybridized carbons (Fsp3) is 0.0588. The number of para-hydroxylation sites is 4. The van der Waals surface area contributed by atoms with Crippen LogP contribution in [0.25, 0.3) is 48.6 Å². The van der Waals surface area contributed by atoms with Crippen LogP contribution in [0, 0.1) is 0 Å². The van der Waals surface area contributed by atoms with Crippen molar-refractivity contribution < 1.29 is 0 Å². The Hall–Kier alpha value is -4.74. The summed E-state index contributed by atoms with van der Waals surface area (Å²) < 4.78 is 3.57. The van der Waals surface area contributed by atoms with Crippen LogP contribution in [-0.4, -0.2) is 14.5 Å². The van der Waals surface area contributed by atoms with Gasteiger partial charge in [0.2, 0.25) is 0 Å². The number of nitrogens with zero attached hydrogens (tertiary/aromatic N) is 4. The van der Waals surface area contributed by atoms with E-state index in [-0.39, 0.29) is 0 Å². The summed E-state index contributed by atoms with van der Waals surface area (Å²) in [6.45, 7) is 2.18. The van der Waals surface area contributed by atoms with Crippen molar-refractivity contribution in [3.8, 4) is 27.4 Å². The summed E-state index contributed by atoms with van der Waals surface area (Å²) in [7, 11) is 0. The van der Waals surface area contributed by atoms with Crippen LogP contribution >= 0.6 is 11.3 Å². The Labute approximate surface area is 230 Å². The Morgan fingerprint density at radius 1 is 0.641 bits per heavy atom. The van der Waals surface area contributed by atoms with Crippen molar-refractivity contribution in [2.75, 3.05) is 4.90 Å². The lowest BCUT2D eigenvalue weighted by molar-refractivity contribution is 0.900. The third-order valence-corrected chi connectivity index (χ3v) is 8.60. The van der Waals surface area contributed by atoms with E-state index >= 15 is 0 Å². The van der Waals surface area contributed by atoms with E-state index in [0.717, 1.165) is 62.1 Å². The van der Waals surface area contributed by atoms with Crippen LogP contribution in [0.15, 0.2) is 115 Å². The van der Waals surface area contributed by atoms with Crippen LogP contribution in [0.1, 0.15) is 12.7 Å². The topological polar surface area (TPSA) is 34.0 Å². The van der Waals surface area contributed by atoms with Crippen LogP contribution in [-0.2, 0) is 6.42 Å². The Kier molecular flexibility index (Phi) is 4.94. The molecule has 7 aromatic rings. The van der Waals surface area contributed by atoms with Gasteiger partial charge in [-0.2, -0.15) is 0 Å². The Morgan fingerprint density at radius 3 is 2.15 bits per heavy atom. The third kappa shape index (κ3) is 3.37. The monoisotopic (exact) mass is 520 g/mol. The molecule has 0 fully saturated rings. The smallest absolute Gasteiger partial charge is 0.124 e. The molecule has 0 amide bonds. The molecular weight excluding hydrogens is 496 g/mol. The minimum Gasteiger partial charge on any atom is -0.306 e. The van der Waals surface area contributed by atoms with Crippen molar-refractivity contribution in [1.29, 1.82) is 0 Å². The molecule has 2 aromatic heterocycles. The first kappa shape index (κ1) is 22.3. The second kappa shape index (κ2) is 8.65. The van der Waals surface area contributed by atoms with E-state index in [4.69, 9.17) is 9.97 Å². The molecule has 0 radical (unpaired) electrons. The van der Waals surface area contributed by atoms with Gasteiger partial charge in [-0.15, -0.1) is 11.3 Å². The molecule has 5 aromatic carbocycles. The van der Waals surface area contributed by atoms with Crippen LogP contribution in [0.5, 0.6) is 0 Å². The van der Waals surface area contributed by atoms with Gasteiger partial charge in [-0.25, -0.2) is 9.97 Å². The fourth-order valence-corrected chi connectivity index (χ4v) is 6.72.